The largest absolute Gasteiger partial charge is 0.506 e. The Morgan fingerprint density at radius 2 is 2.17 bits per heavy atom. The van der Waals surface area contributed by atoms with Gasteiger partial charge < -0.3 is 14.9 Å². The van der Waals surface area contributed by atoms with E-state index in [4.69, 9.17) is 4.74 Å². The summed E-state index contributed by atoms with van der Waals surface area (Å²) in [5.41, 5.74) is 1.29. The molecule has 0 aliphatic carbocycles. The molecular formula is C12H17NO4S. The Morgan fingerprint density at radius 3 is 2.67 bits per heavy atom. The van der Waals surface area contributed by atoms with E-state index in [1.165, 1.54) is 11.8 Å². The molecule has 0 saturated carbocycles. The molecule has 0 aliphatic heterocycles. The van der Waals surface area contributed by atoms with Crippen LogP contribution in [0.25, 0.3) is 0 Å². The number of aliphatic hydroxyl groups excluding tert-OH is 1. The second-order valence-corrected chi connectivity index (χ2v) is 4.52. The maximum atomic E-state index is 11.9. The lowest BCUT2D eigenvalue weighted by molar-refractivity contribution is 0.0520. The molecule has 18 heavy (non-hydrogen) atoms. The van der Waals surface area contributed by atoms with Crippen LogP contribution in [-0.4, -0.2) is 34.0 Å². The maximum absolute atomic E-state index is 11.9. The highest BCUT2D eigenvalue weighted by atomic mass is 32.2. The number of pyridine rings is 1. The average Bonchev–Trinajstić information content (AvgIpc) is 2.33. The van der Waals surface area contributed by atoms with Gasteiger partial charge in [-0.3, -0.25) is 4.98 Å². The molecule has 0 unspecified atom stereocenters. The number of ether oxygens (including phenoxy) is 1. The van der Waals surface area contributed by atoms with E-state index in [2.05, 4.69) is 4.98 Å². The van der Waals surface area contributed by atoms with E-state index in [-0.39, 0.29) is 23.5 Å². The van der Waals surface area contributed by atoms with E-state index < -0.39 is 12.6 Å². The van der Waals surface area contributed by atoms with Crippen LogP contribution in [0.3, 0.4) is 0 Å². The fourth-order valence-electron chi connectivity index (χ4n) is 1.66. The number of aryl methyl sites for hydroxylation is 1. The molecule has 0 saturated heterocycles. The van der Waals surface area contributed by atoms with Crippen LogP contribution in [0.4, 0.5) is 0 Å². The zero-order valence-corrected chi connectivity index (χ0v) is 11.5. The van der Waals surface area contributed by atoms with Crippen LogP contribution in [0, 0.1) is 6.92 Å². The predicted octanol–water partition coefficient (Wildman–Crippen LogP) is 1.63. The van der Waals surface area contributed by atoms with Crippen molar-refractivity contribution in [3.63, 3.8) is 0 Å². The van der Waals surface area contributed by atoms with Gasteiger partial charge in [-0.05, 0) is 20.1 Å². The number of thioether (sulfide) groups is 1. The molecule has 0 radical (unpaired) electrons. The molecule has 1 aromatic rings. The second-order valence-electron chi connectivity index (χ2n) is 3.66. The second kappa shape index (κ2) is 6.61. The van der Waals surface area contributed by atoms with E-state index in [1.54, 1.807) is 13.8 Å². The van der Waals surface area contributed by atoms with Crippen molar-refractivity contribution in [1.29, 1.82) is 0 Å². The first-order chi connectivity index (χ1) is 8.56. The molecule has 0 spiro atoms. The van der Waals surface area contributed by atoms with Crippen molar-refractivity contribution in [3.05, 3.63) is 22.5 Å². The smallest absolute Gasteiger partial charge is 0.340 e. The summed E-state index contributed by atoms with van der Waals surface area (Å²) < 4.78 is 4.94. The molecule has 0 atom stereocenters. The number of nitrogens with zero attached hydrogens (tertiary/aromatic N) is 1. The molecular weight excluding hydrogens is 254 g/mol. The highest BCUT2D eigenvalue weighted by Gasteiger charge is 2.23. The first-order valence-electron chi connectivity index (χ1n) is 5.55. The van der Waals surface area contributed by atoms with Gasteiger partial charge in [0.05, 0.1) is 30.2 Å². The van der Waals surface area contributed by atoms with Gasteiger partial charge in [0, 0.05) is 11.3 Å². The average molecular weight is 271 g/mol. The predicted molar refractivity (Wildman–Crippen MR) is 69.7 cm³/mol. The van der Waals surface area contributed by atoms with E-state index in [0.717, 1.165) is 0 Å². The number of aliphatic hydroxyl groups is 1. The lowest BCUT2D eigenvalue weighted by Gasteiger charge is -2.14. The van der Waals surface area contributed by atoms with Gasteiger partial charge in [0.1, 0.15) is 5.75 Å². The summed E-state index contributed by atoms with van der Waals surface area (Å²) in [5, 5.41) is 19.2. The van der Waals surface area contributed by atoms with E-state index in [0.29, 0.717) is 17.1 Å². The SMILES string of the molecule is CCOC(=O)c1c(CSC)nc(C)c(O)c1CO. The fourth-order valence-corrected chi connectivity index (χ4v) is 2.14. The van der Waals surface area contributed by atoms with Crippen LogP contribution in [0.2, 0.25) is 0 Å². The van der Waals surface area contributed by atoms with E-state index >= 15 is 0 Å². The lowest BCUT2D eigenvalue weighted by Crippen LogP contribution is -2.14. The van der Waals surface area contributed by atoms with Crippen molar-refractivity contribution >= 4 is 17.7 Å². The van der Waals surface area contributed by atoms with Crippen LogP contribution in [0.5, 0.6) is 5.75 Å². The van der Waals surface area contributed by atoms with Crippen molar-refractivity contribution < 1.29 is 19.7 Å². The first-order valence-corrected chi connectivity index (χ1v) is 6.94. The number of hydrogen-bond acceptors (Lipinski definition) is 6. The summed E-state index contributed by atoms with van der Waals surface area (Å²) in [4.78, 5) is 16.1. The number of esters is 1. The molecule has 6 heteroatoms. The van der Waals surface area contributed by atoms with Gasteiger partial charge in [-0.1, -0.05) is 0 Å². The maximum Gasteiger partial charge on any atom is 0.340 e. The van der Waals surface area contributed by atoms with Crippen molar-refractivity contribution in [1.82, 2.24) is 4.98 Å². The standard InChI is InChI=1S/C12H17NO4S/c1-4-17-12(16)10-8(5-14)11(15)7(2)13-9(10)6-18-3/h14-15H,4-6H2,1-3H3. The van der Waals surface area contributed by atoms with Gasteiger partial charge in [0.25, 0.3) is 0 Å². The Bertz CT molecular complexity index is 448. The highest BCUT2D eigenvalue weighted by molar-refractivity contribution is 7.97. The fraction of sp³-hybridized carbons (Fsp3) is 0.500. The topological polar surface area (TPSA) is 79.7 Å². The molecule has 0 fully saturated rings. The lowest BCUT2D eigenvalue weighted by atomic mass is 10.0. The summed E-state index contributed by atoms with van der Waals surface area (Å²) in [6, 6.07) is 0. The first kappa shape index (κ1) is 14.8. The molecule has 2 N–H and O–H groups in total. The van der Waals surface area contributed by atoms with Crippen LogP contribution >= 0.6 is 11.8 Å². The normalized spacial score (nSPS) is 10.4. The molecule has 100 valence electrons. The number of hydrogen-bond donors (Lipinski definition) is 2. The van der Waals surface area contributed by atoms with Gasteiger partial charge in [-0.2, -0.15) is 11.8 Å². The Balaban J connectivity index is 3.41. The van der Waals surface area contributed by atoms with Crippen molar-refractivity contribution in [3.8, 4) is 5.75 Å². The minimum absolute atomic E-state index is 0.148. The number of aromatic hydroxyl groups is 1. The van der Waals surface area contributed by atoms with Crippen molar-refractivity contribution in [2.24, 2.45) is 0 Å². The third-order valence-electron chi connectivity index (χ3n) is 2.44. The van der Waals surface area contributed by atoms with Crippen LogP contribution in [-0.2, 0) is 17.1 Å². The van der Waals surface area contributed by atoms with Gasteiger partial charge >= 0.3 is 5.97 Å². The van der Waals surface area contributed by atoms with Gasteiger partial charge in [-0.15, -0.1) is 0 Å². The summed E-state index contributed by atoms with van der Waals surface area (Å²) in [5.74, 6) is -0.193. The summed E-state index contributed by atoms with van der Waals surface area (Å²) in [7, 11) is 0. The van der Waals surface area contributed by atoms with E-state index in [1.807, 2.05) is 6.26 Å². The number of carbonyl (C=O) groups is 1. The highest BCUT2D eigenvalue weighted by Crippen LogP contribution is 2.28. The summed E-state index contributed by atoms with van der Waals surface area (Å²) >= 11 is 1.50. The Morgan fingerprint density at radius 1 is 1.50 bits per heavy atom. The Kier molecular flexibility index (Phi) is 5.43. The van der Waals surface area contributed by atoms with Crippen LogP contribution in [0.15, 0.2) is 0 Å². The molecule has 1 aromatic heterocycles. The molecule has 0 aliphatic rings. The van der Waals surface area contributed by atoms with Crippen molar-refractivity contribution in [2.45, 2.75) is 26.2 Å². The number of rotatable bonds is 5. The Labute approximate surface area is 110 Å². The monoisotopic (exact) mass is 271 g/mol. The molecule has 5 nitrogen and oxygen atoms in total. The zero-order chi connectivity index (χ0) is 13.7. The summed E-state index contributed by atoms with van der Waals surface area (Å²) in [6.45, 7) is 3.14. The van der Waals surface area contributed by atoms with Gasteiger partial charge in [0.2, 0.25) is 0 Å². The number of aromatic nitrogens is 1. The molecule has 0 bridgehead atoms. The third-order valence-corrected chi connectivity index (χ3v) is 3.00. The van der Waals surface area contributed by atoms with Gasteiger partial charge in [-0.25, -0.2) is 4.79 Å². The van der Waals surface area contributed by atoms with Gasteiger partial charge in [0.15, 0.2) is 0 Å². The van der Waals surface area contributed by atoms with Crippen molar-refractivity contribution in [2.75, 3.05) is 12.9 Å². The zero-order valence-electron chi connectivity index (χ0n) is 10.7. The molecule has 0 aromatic carbocycles. The van der Waals surface area contributed by atoms with Crippen LogP contribution < -0.4 is 0 Å². The Hall–Kier alpha value is -1.27. The quantitative estimate of drug-likeness (QED) is 0.792. The third kappa shape index (κ3) is 2.94. The number of carbonyl (C=O) groups excluding carboxylic acids is 1. The summed E-state index contributed by atoms with van der Waals surface area (Å²) in [6.07, 6.45) is 1.89. The molecule has 1 heterocycles. The molecule has 0 amide bonds. The van der Waals surface area contributed by atoms with E-state index in [9.17, 15) is 15.0 Å². The van der Waals surface area contributed by atoms with Crippen LogP contribution in [0.1, 0.15) is 34.2 Å². The minimum atomic E-state index is -0.562. The minimum Gasteiger partial charge on any atom is -0.506 e. The molecule has 1 rings (SSSR count).